The molecule has 70 valence electrons. The molecule has 2 rings (SSSR count). The van der Waals surface area contributed by atoms with Crippen molar-refractivity contribution in [2.24, 2.45) is 0 Å². The van der Waals surface area contributed by atoms with Gasteiger partial charge in [0.25, 0.3) is 11.7 Å². The molecule has 14 heavy (non-hydrogen) atoms. The van der Waals surface area contributed by atoms with Gasteiger partial charge in [-0.2, -0.15) is 5.26 Å². The van der Waals surface area contributed by atoms with Gasteiger partial charge in [0.05, 0.1) is 22.9 Å². The fraction of sp³-hybridized carbons (Fsp3) is 0. The Labute approximate surface area is 85.9 Å². The van der Waals surface area contributed by atoms with Crippen molar-refractivity contribution in [2.75, 3.05) is 5.32 Å². The number of hydrogen-bond donors (Lipinski definition) is 1. The summed E-state index contributed by atoms with van der Waals surface area (Å²) in [4.78, 5) is 22.0. The first-order valence-electron chi connectivity index (χ1n) is 3.62. The molecule has 4 nitrogen and oxygen atoms in total. The predicted molar refractivity (Wildman–Crippen MR) is 44.1 cm³/mol. The van der Waals surface area contributed by atoms with Gasteiger partial charge in [-0.05, 0) is 18.2 Å². The average molecular weight is 208 g/mol. The Morgan fingerprint density at radius 2 is 2.00 bits per heavy atom. The zero-order valence-corrected chi connectivity index (χ0v) is 7.63. The van der Waals surface area contributed by atoms with Gasteiger partial charge in [0.1, 0.15) is 0 Å². The number of ketones is 1. The third-order valence-electron chi connectivity index (χ3n) is 1.85. The summed E-state index contributed by atoms with van der Waals surface area (Å²) in [6.45, 7) is 0. The monoisotopic (exact) mass is 207 g/mol. The maximum absolute atomic E-state index is 11.1. The first kappa shape index (κ1) is 10.2. The number of halogens is 1. The number of nitrogens with zero attached hydrogens (tertiary/aromatic N) is 1. The van der Waals surface area contributed by atoms with E-state index in [-0.39, 0.29) is 18.0 Å². The molecule has 0 fully saturated rings. The fourth-order valence-electron chi connectivity index (χ4n) is 1.21. The number of anilines is 1. The number of Topliss-reactive ketones (excluding diaryl/α,β-unsaturated/α-hetero) is 1. The van der Waals surface area contributed by atoms with Gasteiger partial charge >= 0.3 is 0 Å². The van der Waals surface area contributed by atoms with E-state index in [4.69, 9.17) is 5.26 Å². The lowest BCUT2D eigenvalue weighted by atomic mass is 10.1. The van der Waals surface area contributed by atoms with Gasteiger partial charge in [0, 0.05) is 0 Å². The van der Waals surface area contributed by atoms with E-state index in [1.165, 1.54) is 6.07 Å². The minimum absolute atomic E-state index is 0. The quantitative estimate of drug-likeness (QED) is 0.487. The molecule has 0 bridgehead atoms. The maximum atomic E-state index is 11.1. The highest BCUT2D eigenvalue weighted by atomic mass is 35.5. The van der Waals surface area contributed by atoms with Crippen molar-refractivity contribution in [1.82, 2.24) is 0 Å². The van der Waals surface area contributed by atoms with Gasteiger partial charge in [0.15, 0.2) is 0 Å². The van der Waals surface area contributed by atoms with Crippen LogP contribution in [0, 0.1) is 11.3 Å². The van der Waals surface area contributed by atoms with Crippen LogP contribution in [0.25, 0.3) is 0 Å². The number of amides is 1. The van der Waals surface area contributed by atoms with Crippen LogP contribution >= 0.6 is 0 Å². The first-order chi connectivity index (χ1) is 6.22. The molecule has 0 saturated heterocycles. The normalized spacial score (nSPS) is 12.5. The largest absolute Gasteiger partial charge is 1.00 e. The molecule has 0 aliphatic carbocycles. The molecule has 0 aromatic heterocycles. The van der Waals surface area contributed by atoms with Crippen LogP contribution in [-0.2, 0) is 4.79 Å². The van der Waals surface area contributed by atoms with Crippen LogP contribution < -0.4 is 17.7 Å². The summed E-state index contributed by atoms with van der Waals surface area (Å²) in [5.41, 5.74) is 1.14. The standard InChI is InChI=1S/C9H4N2O2.ClH/c10-4-5-1-2-7-6(3-5)8(12)9(13)11-7;/h1-3H,(H,11,12,13);1H/p-1. The van der Waals surface area contributed by atoms with Crippen LogP contribution in [0.4, 0.5) is 5.69 Å². The minimum atomic E-state index is -0.634. The van der Waals surface area contributed by atoms with Crippen LogP contribution in [0.5, 0.6) is 0 Å². The summed E-state index contributed by atoms with van der Waals surface area (Å²) >= 11 is 0. The number of nitriles is 1. The lowest BCUT2D eigenvalue weighted by Crippen LogP contribution is -3.00. The zero-order valence-electron chi connectivity index (χ0n) is 6.87. The Hall–Kier alpha value is -1.86. The van der Waals surface area contributed by atoms with Gasteiger partial charge in [-0.3, -0.25) is 9.59 Å². The highest BCUT2D eigenvalue weighted by Gasteiger charge is 2.27. The van der Waals surface area contributed by atoms with Crippen molar-refractivity contribution < 1.29 is 22.0 Å². The molecular weight excluding hydrogens is 204 g/mol. The van der Waals surface area contributed by atoms with E-state index in [2.05, 4.69) is 5.32 Å². The van der Waals surface area contributed by atoms with Crippen LogP contribution in [0.2, 0.25) is 0 Å². The lowest BCUT2D eigenvalue weighted by molar-refractivity contribution is -0.112. The van der Waals surface area contributed by atoms with Crippen molar-refractivity contribution in [3.8, 4) is 6.07 Å². The zero-order chi connectivity index (χ0) is 9.42. The molecule has 1 heterocycles. The van der Waals surface area contributed by atoms with E-state index in [0.717, 1.165) is 0 Å². The van der Waals surface area contributed by atoms with Crippen molar-refractivity contribution in [3.05, 3.63) is 29.3 Å². The van der Waals surface area contributed by atoms with E-state index < -0.39 is 11.7 Å². The molecule has 0 unspecified atom stereocenters. The second-order valence-electron chi connectivity index (χ2n) is 2.66. The van der Waals surface area contributed by atoms with Gasteiger partial charge in [0.2, 0.25) is 0 Å². The molecule has 0 radical (unpaired) electrons. The van der Waals surface area contributed by atoms with E-state index in [1.807, 2.05) is 6.07 Å². The number of nitrogens with one attached hydrogen (secondary N) is 1. The van der Waals surface area contributed by atoms with Crippen molar-refractivity contribution in [3.63, 3.8) is 0 Å². The summed E-state index contributed by atoms with van der Waals surface area (Å²) in [5, 5.41) is 11.0. The molecule has 1 amide bonds. The number of fused-ring (bicyclic) bond motifs is 1. The van der Waals surface area contributed by atoms with Gasteiger partial charge in [-0.15, -0.1) is 0 Å². The number of hydrogen-bond acceptors (Lipinski definition) is 3. The minimum Gasteiger partial charge on any atom is -1.00 e. The van der Waals surface area contributed by atoms with E-state index in [9.17, 15) is 9.59 Å². The van der Waals surface area contributed by atoms with Crippen LogP contribution in [-0.4, -0.2) is 11.7 Å². The Balaban J connectivity index is 0.000000980. The molecule has 0 saturated carbocycles. The fourth-order valence-corrected chi connectivity index (χ4v) is 1.21. The van der Waals surface area contributed by atoms with E-state index in [1.54, 1.807) is 12.1 Å². The summed E-state index contributed by atoms with van der Waals surface area (Å²) in [5.74, 6) is -1.21. The molecule has 1 aromatic rings. The number of carbonyl (C=O) groups excluding carboxylic acids is 2. The number of carbonyl (C=O) groups is 2. The van der Waals surface area contributed by atoms with Gasteiger partial charge in [-0.1, -0.05) is 0 Å². The van der Waals surface area contributed by atoms with Crippen molar-refractivity contribution in [1.29, 1.82) is 5.26 Å². The molecule has 1 N–H and O–H groups in total. The topological polar surface area (TPSA) is 70.0 Å². The molecule has 1 aromatic carbocycles. The first-order valence-corrected chi connectivity index (χ1v) is 3.62. The Bertz CT molecular complexity index is 462. The van der Waals surface area contributed by atoms with E-state index >= 15 is 0 Å². The lowest BCUT2D eigenvalue weighted by Gasteiger charge is -1.94. The highest BCUT2D eigenvalue weighted by molar-refractivity contribution is 6.51. The molecule has 0 atom stereocenters. The molecule has 5 heteroatoms. The maximum Gasteiger partial charge on any atom is 0.296 e. The summed E-state index contributed by atoms with van der Waals surface area (Å²) in [6, 6.07) is 6.42. The summed E-state index contributed by atoms with van der Waals surface area (Å²) in [6.07, 6.45) is 0. The number of benzene rings is 1. The van der Waals surface area contributed by atoms with Gasteiger partial charge in [-0.25, -0.2) is 0 Å². The predicted octanol–water partition coefficient (Wildman–Crippen LogP) is -2.30. The van der Waals surface area contributed by atoms with Crippen LogP contribution in [0.15, 0.2) is 18.2 Å². The average Bonchev–Trinajstić information content (AvgIpc) is 2.43. The Morgan fingerprint density at radius 3 is 2.64 bits per heavy atom. The Morgan fingerprint density at radius 1 is 1.29 bits per heavy atom. The van der Waals surface area contributed by atoms with Gasteiger partial charge < -0.3 is 17.7 Å². The third kappa shape index (κ3) is 1.34. The second-order valence-corrected chi connectivity index (χ2v) is 2.66. The molecule has 0 spiro atoms. The highest BCUT2D eigenvalue weighted by Crippen LogP contribution is 2.23. The van der Waals surface area contributed by atoms with Crippen LogP contribution in [0.3, 0.4) is 0 Å². The molecule has 1 aliphatic rings. The SMILES string of the molecule is N#Cc1ccc2c(c1)C(=O)C(=O)N2.[Cl-]. The second kappa shape index (κ2) is 3.48. The number of rotatable bonds is 0. The third-order valence-corrected chi connectivity index (χ3v) is 1.85. The Kier molecular flexibility index (Phi) is 2.54. The smallest absolute Gasteiger partial charge is 0.296 e. The molecular formula is C9H4ClN2O2-. The summed E-state index contributed by atoms with van der Waals surface area (Å²) in [7, 11) is 0. The molecule has 1 aliphatic heterocycles. The van der Waals surface area contributed by atoms with Crippen molar-refractivity contribution >= 4 is 17.4 Å². The van der Waals surface area contributed by atoms with Crippen LogP contribution in [0.1, 0.15) is 15.9 Å². The summed E-state index contributed by atoms with van der Waals surface area (Å²) < 4.78 is 0. The van der Waals surface area contributed by atoms with Crippen molar-refractivity contribution in [2.45, 2.75) is 0 Å². The van der Waals surface area contributed by atoms with E-state index in [0.29, 0.717) is 11.3 Å².